The van der Waals surface area contributed by atoms with Gasteiger partial charge in [0, 0.05) is 38.3 Å². The van der Waals surface area contributed by atoms with Gasteiger partial charge in [-0.1, -0.05) is 103 Å². The van der Waals surface area contributed by atoms with Gasteiger partial charge in [-0.05, 0) is 48.1 Å². The average molecular weight is 575 g/mol. The number of fused-ring (bicyclic) bond motifs is 1. The molecule has 1 atom stereocenters. The molecule has 1 aliphatic rings. The van der Waals surface area contributed by atoms with Crippen molar-refractivity contribution in [1.82, 2.24) is 19.4 Å². The highest BCUT2D eigenvalue weighted by molar-refractivity contribution is 5.75. The van der Waals surface area contributed by atoms with Crippen LogP contribution in [-0.2, 0) is 24.2 Å². The summed E-state index contributed by atoms with van der Waals surface area (Å²) in [6.07, 6.45) is 1.89. The molecule has 0 spiro atoms. The highest BCUT2D eigenvalue weighted by Crippen LogP contribution is 2.25. The molecule has 0 saturated carbocycles. The molecule has 0 unspecified atom stereocenters. The number of carbonyl (C=O) groups excluding carboxylic acids is 1. The number of ether oxygens (including phenoxy) is 1. The van der Waals surface area contributed by atoms with E-state index in [-0.39, 0.29) is 30.5 Å². The number of hydrogen-bond acceptors (Lipinski definition) is 4. The predicted octanol–water partition coefficient (Wildman–Crippen LogP) is 6.42. The molecule has 7 heteroatoms. The van der Waals surface area contributed by atoms with Gasteiger partial charge in [-0.25, -0.2) is 9.59 Å². The molecule has 2 heterocycles. The first-order chi connectivity index (χ1) is 21.1. The maximum atomic E-state index is 13.4. The Hall–Kier alpha value is -4.62. The molecule has 43 heavy (non-hydrogen) atoms. The lowest BCUT2D eigenvalue weighted by Gasteiger charge is -2.34. The van der Waals surface area contributed by atoms with E-state index in [2.05, 4.69) is 82.7 Å². The second-order valence-corrected chi connectivity index (χ2v) is 11.3. The monoisotopic (exact) mass is 574 g/mol. The van der Waals surface area contributed by atoms with Gasteiger partial charge in [0.25, 0.3) is 0 Å². The van der Waals surface area contributed by atoms with Crippen molar-refractivity contribution in [2.75, 3.05) is 19.7 Å². The van der Waals surface area contributed by atoms with Crippen LogP contribution in [0.15, 0.2) is 120 Å². The number of aromatic nitrogens is 2. The number of nitrogens with one attached hydrogen (secondary N) is 1. The predicted molar refractivity (Wildman–Crippen MR) is 170 cm³/mol. The van der Waals surface area contributed by atoms with Crippen molar-refractivity contribution in [2.24, 2.45) is 0 Å². The lowest BCUT2D eigenvalue weighted by atomic mass is 10.0. The number of amides is 1. The van der Waals surface area contributed by atoms with Crippen LogP contribution >= 0.6 is 0 Å². The number of nitrogens with zero attached hydrogens (tertiary/aromatic N) is 3. The highest BCUT2D eigenvalue weighted by Gasteiger charge is 2.28. The second kappa shape index (κ2) is 13.6. The van der Waals surface area contributed by atoms with E-state index in [0.29, 0.717) is 25.9 Å². The average Bonchev–Trinajstić information content (AvgIpc) is 3.39. The van der Waals surface area contributed by atoms with Crippen molar-refractivity contribution in [3.05, 3.63) is 142 Å². The van der Waals surface area contributed by atoms with Gasteiger partial charge in [-0.3, -0.25) is 9.47 Å². The summed E-state index contributed by atoms with van der Waals surface area (Å²) in [6, 6.07) is 39.1. The van der Waals surface area contributed by atoms with Crippen molar-refractivity contribution in [1.29, 1.82) is 0 Å². The van der Waals surface area contributed by atoms with E-state index in [1.807, 2.05) is 47.0 Å². The van der Waals surface area contributed by atoms with Gasteiger partial charge in [-0.15, -0.1) is 0 Å². The van der Waals surface area contributed by atoms with Crippen LogP contribution in [0.4, 0.5) is 4.79 Å². The molecule has 1 aliphatic heterocycles. The first-order valence-corrected chi connectivity index (χ1v) is 15.1. The molecular weight excluding hydrogens is 536 g/mol. The van der Waals surface area contributed by atoms with Crippen molar-refractivity contribution in [2.45, 2.75) is 44.4 Å². The molecule has 1 amide bonds. The number of rotatable bonds is 10. The summed E-state index contributed by atoms with van der Waals surface area (Å²) < 4.78 is 7.91. The van der Waals surface area contributed by atoms with Gasteiger partial charge >= 0.3 is 11.8 Å². The first kappa shape index (κ1) is 28.5. The normalized spacial score (nSPS) is 14.7. The summed E-state index contributed by atoms with van der Waals surface area (Å²) in [4.78, 5) is 33.2. The van der Waals surface area contributed by atoms with Gasteiger partial charge in [-0.2, -0.15) is 0 Å². The number of piperidine rings is 1. The summed E-state index contributed by atoms with van der Waals surface area (Å²) in [7, 11) is 0. The summed E-state index contributed by atoms with van der Waals surface area (Å²) in [6.45, 7) is 2.88. The zero-order chi connectivity index (χ0) is 29.4. The Labute approximate surface area is 252 Å². The number of H-pyrrole nitrogens is 1. The van der Waals surface area contributed by atoms with Gasteiger partial charge in [0.2, 0.25) is 0 Å². The van der Waals surface area contributed by atoms with E-state index in [9.17, 15) is 9.59 Å². The molecule has 4 aromatic carbocycles. The maximum absolute atomic E-state index is 13.4. The van der Waals surface area contributed by atoms with E-state index in [4.69, 9.17) is 4.74 Å². The Kier molecular flexibility index (Phi) is 8.99. The number of aromatic amines is 1. The number of para-hydroxylation sites is 2. The minimum absolute atomic E-state index is 0.0194. The molecule has 220 valence electrons. The quantitative estimate of drug-likeness (QED) is 0.209. The van der Waals surface area contributed by atoms with Crippen LogP contribution in [0.3, 0.4) is 0 Å². The van der Waals surface area contributed by atoms with Crippen molar-refractivity contribution >= 4 is 17.1 Å². The molecule has 1 N–H and O–H groups in total. The number of carbonyl (C=O) groups is 1. The first-order valence-electron chi connectivity index (χ1n) is 15.1. The lowest BCUT2D eigenvalue weighted by molar-refractivity contribution is 0.0518. The largest absolute Gasteiger partial charge is 0.448 e. The van der Waals surface area contributed by atoms with Crippen LogP contribution in [-0.4, -0.2) is 51.2 Å². The second-order valence-electron chi connectivity index (χ2n) is 11.3. The molecule has 5 aromatic rings. The van der Waals surface area contributed by atoms with E-state index in [1.54, 1.807) is 4.90 Å². The third-order valence-electron chi connectivity index (χ3n) is 8.40. The number of benzene rings is 4. The summed E-state index contributed by atoms with van der Waals surface area (Å²) >= 11 is 0. The van der Waals surface area contributed by atoms with Crippen molar-refractivity contribution < 1.29 is 9.53 Å². The zero-order valence-corrected chi connectivity index (χ0v) is 24.3. The van der Waals surface area contributed by atoms with E-state index >= 15 is 0 Å². The van der Waals surface area contributed by atoms with Gasteiger partial charge < -0.3 is 14.6 Å². The molecular formula is C36H38N4O3. The van der Waals surface area contributed by atoms with Crippen LogP contribution in [0.25, 0.3) is 11.0 Å². The van der Waals surface area contributed by atoms with Crippen LogP contribution in [0.5, 0.6) is 0 Å². The molecule has 0 radical (unpaired) electrons. The number of hydrogen-bond donors (Lipinski definition) is 1. The lowest BCUT2D eigenvalue weighted by Crippen LogP contribution is -2.44. The zero-order valence-electron chi connectivity index (χ0n) is 24.3. The summed E-state index contributed by atoms with van der Waals surface area (Å²) in [5.74, 6) is 0. The van der Waals surface area contributed by atoms with Crippen LogP contribution in [0.1, 0.15) is 35.6 Å². The number of imidazole rings is 1. The Morgan fingerprint density at radius 1 is 0.767 bits per heavy atom. The molecule has 0 aliphatic carbocycles. The fraction of sp³-hybridized carbons (Fsp3) is 0.278. The Morgan fingerprint density at radius 3 is 1.91 bits per heavy atom. The molecule has 0 bridgehead atoms. The van der Waals surface area contributed by atoms with E-state index < -0.39 is 0 Å². The standard InChI is InChI=1S/C36H38N4O3/c41-35-37-33-18-10-11-19-34(33)40(35)31-20-22-38(23-21-31)36(42)43-27-32(24-28-12-4-1-5-13-28)39(25-29-14-6-2-7-15-29)26-30-16-8-3-9-17-30/h1-19,31-32H,20-27H2,(H,37,41)/t32-/m0/s1. The fourth-order valence-corrected chi connectivity index (χ4v) is 6.13. The van der Waals surface area contributed by atoms with Crippen LogP contribution in [0.2, 0.25) is 0 Å². The minimum Gasteiger partial charge on any atom is -0.448 e. The molecule has 1 fully saturated rings. The van der Waals surface area contributed by atoms with Gasteiger partial charge in [0.1, 0.15) is 6.61 Å². The molecule has 1 aromatic heterocycles. The third-order valence-corrected chi connectivity index (χ3v) is 8.40. The van der Waals surface area contributed by atoms with E-state index in [0.717, 1.165) is 30.5 Å². The molecule has 1 saturated heterocycles. The van der Waals surface area contributed by atoms with Crippen LogP contribution < -0.4 is 5.69 Å². The Balaban J connectivity index is 1.15. The fourth-order valence-electron chi connectivity index (χ4n) is 6.13. The third kappa shape index (κ3) is 7.07. The van der Waals surface area contributed by atoms with Gasteiger partial charge in [0.15, 0.2) is 0 Å². The van der Waals surface area contributed by atoms with Crippen molar-refractivity contribution in [3.63, 3.8) is 0 Å². The van der Waals surface area contributed by atoms with Crippen molar-refractivity contribution in [3.8, 4) is 0 Å². The molecule has 7 nitrogen and oxygen atoms in total. The highest BCUT2D eigenvalue weighted by atomic mass is 16.6. The minimum atomic E-state index is -0.290. The maximum Gasteiger partial charge on any atom is 0.409 e. The topological polar surface area (TPSA) is 70.6 Å². The Morgan fingerprint density at radius 2 is 1.30 bits per heavy atom. The summed E-state index contributed by atoms with van der Waals surface area (Å²) in [5.41, 5.74) is 5.31. The van der Waals surface area contributed by atoms with E-state index in [1.165, 1.54) is 16.7 Å². The number of likely N-dealkylation sites (tertiary alicyclic amines) is 1. The Bertz CT molecular complexity index is 1620. The summed E-state index contributed by atoms with van der Waals surface area (Å²) in [5, 5.41) is 0. The molecule has 6 rings (SSSR count). The van der Waals surface area contributed by atoms with Crippen LogP contribution in [0, 0.1) is 0 Å². The van der Waals surface area contributed by atoms with Gasteiger partial charge in [0.05, 0.1) is 11.0 Å². The smallest absolute Gasteiger partial charge is 0.409 e. The SMILES string of the molecule is O=C(OC[C@H](Cc1ccccc1)N(Cc1ccccc1)Cc1ccccc1)N1CCC(n2c(=O)[nH]c3ccccc32)CC1.